The van der Waals surface area contributed by atoms with E-state index in [-0.39, 0.29) is 0 Å². The lowest BCUT2D eigenvalue weighted by Gasteiger charge is -2.05. The smallest absolute Gasteiger partial charge is 0.119 e. The third kappa shape index (κ3) is 2.05. The minimum atomic E-state index is 0.921. The van der Waals surface area contributed by atoms with Crippen molar-refractivity contribution >= 4 is 11.3 Å². The Kier molecular flexibility index (Phi) is 2.78. The second-order valence-electron chi connectivity index (χ2n) is 3.59. The minimum absolute atomic E-state index is 0.921. The molecule has 0 unspecified atom stereocenters. The van der Waals surface area contributed by atoms with Gasteiger partial charge < -0.3 is 4.74 Å². The van der Waals surface area contributed by atoms with Crippen LogP contribution in [0.3, 0.4) is 0 Å². The van der Waals surface area contributed by atoms with Gasteiger partial charge in [-0.15, -0.1) is 11.3 Å². The average Bonchev–Trinajstić information content (AvgIpc) is 2.64. The Labute approximate surface area is 94.3 Å². The molecule has 0 spiro atoms. The maximum Gasteiger partial charge on any atom is 0.119 e. The number of hydrogen-bond donors (Lipinski definition) is 0. The first-order valence-corrected chi connectivity index (χ1v) is 5.74. The zero-order valence-corrected chi connectivity index (χ0v) is 10.0. The molecule has 0 aliphatic heterocycles. The highest BCUT2D eigenvalue weighted by molar-refractivity contribution is 7.15. The molecule has 2 rings (SSSR count). The predicted molar refractivity (Wildman–Crippen MR) is 65.8 cm³/mol. The van der Waals surface area contributed by atoms with Crippen LogP contribution in [0.5, 0.6) is 5.75 Å². The van der Waals surface area contributed by atoms with Crippen LogP contribution in [0, 0.1) is 13.8 Å². The Balaban J connectivity index is 2.45. The molecule has 1 nitrogen and oxygen atoms in total. The van der Waals surface area contributed by atoms with Crippen molar-refractivity contribution in [1.29, 1.82) is 0 Å². The number of hydrogen-bond acceptors (Lipinski definition) is 2. The zero-order chi connectivity index (χ0) is 10.8. The minimum Gasteiger partial charge on any atom is -0.497 e. The summed E-state index contributed by atoms with van der Waals surface area (Å²) in [7, 11) is 1.70. The monoisotopic (exact) mass is 218 g/mol. The van der Waals surface area contributed by atoms with Crippen LogP contribution < -0.4 is 4.74 Å². The number of thiophene rings is 1. The Morgan fingerprint density at radius 2 is 1.87 bits per heavy atom. The molecule has 1 aromatic heterocycles. The van der Waals surface area contributed by atoms with Gasteiger partial charge in [0.15, 0.2) is 0 Å². The lowest BCUT2D eigenvalue weighted by molar-refractivity contribution is 0.414. The fourth-order valence-electron chi connectivity index (χ4n) is 1.62. The van der Waals surface area contributed by atoms with Crippen LogP contribution in [0.1, 0.15) is 10.4 Å². The van der Waals surface area contributed by atoms with Gasteiger partial charge >= 0.3 is 0 Å². The van der Waals surface area contributed by atoms with Gasteiger partial charge in [-0.1, -0.05) is 0 Å². The Morgan fingerprint density at radius 1 is 1.07 bits per heavy atom. The van der Waals surface area contributed by atoms with Crippen LogP contribution in [0.4, 0.5) is 0 Å². The quantitative estimate of drug-likeness (QED) is 0.739. The first-order chi connectivity index (χ1) is 7.20. The van der Waals surface area contributed by atoms with E-state index in [4.69, 9.17) is 4.74 Å². The molecule has 0 radical (unpaired) electrons. The average molecular weight is 218 g/mol. The maximum absolute atomic E-state index is 5.19. The van der Waals surface area contributed by atoms with Crippen LogP contribution >= 0.6 is 11.3 Å². The van der Waals surface area contributed by atoms with E-state index >= 15 is 0 Å². The van der Waals surface area contributed by atoms with Gasteiger partial charge in [-0.3, -0.25) is 0 Å². The highest BCUT2D eigenvalue weighted by Gasteiger charge is 2.04. The van der Waals surface area contributed by atoms with Gasteiger partial charge in [-0.25, -0.2) is 0 Å². The van der Waals surface area contributed by atoms with Gasteiger partial charge in [0.1, 0.15) is 5.75 Å². The number of benzene rings is 1. The molecule has 0 aliphatic rings. The van der Waals surface area contributed by atoms with E-state index in [1.165, 1.54) is 20.9 Å². The van der Waals surface area contributed by atoms with Crippen molar-refractivity contribution < 1.29 is 4.74 Å². The SMILES string of the molecule is COc1ccc(-c2ccc(C)s2)c(C)c1. The Morgan fingerprint density at radius 3 is 2.40 bits per heavy atom. The molecular formula is C13H14OS. The summed E-state index contributed by atoms with van der Waals surface area (Å²) in [6.45, 7) is 4.25. The highest BCUT2D eigenvalue weighted by Crippen LogP contribution is 2.31. The van der Waals surface area contributed by atoms with E-state index in [1.807, 2.05) is 17.4 Å². The number of rotatable bonds is 2. The molecule has 0 bridgehead atoms. The molecule has 0 fully saturated rings. The molecule has 1 aromatic carbocycles. The fraction of sp³-hybridized carbons (Fsp3) is 0.231. The molecule has 15 heavy (non-hydrogen) atoms. The van der Waals surface area contributed by atoms with Gasteiger partial charge in [0.05, 0.1) is 7.11 Å². The largest absolute Gasteiger partial charge is 0.497 e. The second-order valence-corrected chi connectivity index (χ2v) is 4.88. The molecular weight excluding hydrogens is 204 g/mol. The highest BCUT2D eigenvalue weighted by atomic mass is 32.1. The summed E-state index contributed by atoms with van der Waals surface area (Å²) in [5.74, 6) is 0.921. The standard InChI is InChI=1S/C13H14OS/c1-9-8-11(14-3)5-6-12(9)13-7-4-10(2)15-13/h4-8H,1-3H3. The van der Waals surface area contributed by atoms with Gasteiger partial charge in [0.25, 0.3) is 0 Å². The maximum atomic E-state index is 5.19. The molecule has 2 heteroatoms. The summed E-state index contributed by atoms with van der Waals surface area (Å²) in [6, 6.07) is 10.5. The molecule has 0 amide bonds. The lowest BCUT2D eigenvalue weighted by Crippen LogP contribution is -1.85. The zero-order valence-electron chi connectivity index (χ0n) is 9.20. The molecule has 0 saturated heterocycles. The second kappa shape index (κ2) is 4.07. The van der Waals surface area contributed by atoms with E-state index in [0.29, 0.717) is 0 Å². The van der Waals surface area contributed by atoms with Crippen LogP contribution in [0.15, 0.2) is 30.3 Å². The third-order valence-electron chi connectivity index (χ3n) is 2.44. The van der Waals surface area contributed by atoms with Gasteiger partial charge in [-0.2, -0.15) is 0 Å². The Bertz CT molecular complexity index is 471. The Hall–Kier alpha value is -1.28. The molecule has 1 heterocycles. The van der Waals surface area contributed by atoms with E-state index in [2.05, 4.69) is 38.1 Å². The third-order valence-corrected chi connectivity index (χ3v) is 3.47. The number of aryl methyl sites for hydroxylation is 2. The summed E-state index contributed by atoms with van der Waals surface area (Å²) in [6.07, 6.45) is 0. The predicted octanol–water partition coefficient (Wildman–Crippen LogP) is 4.04. The van der Waals surface area contributed by atoms with Crippen LogP contribution in [-0.4, -0.2) is 7.11 Å². The van der Waals surface area contributed by atoms with E-state index in [0.717, 1.165) is 5.75 Å². The molecule has 0 atom stereocenters. The van der Waals surface area contributed by atoms with Gasteiger partial charge in [-0.05, 0) is 55.3 Å². The van der Waals surface area contributed by atoms with Gasteiger partial charge in [0.2, 0.25) is 0 Å². The summed E-state index contributed by atoms with van der Waals surface area (Å²) in [4.78, 5) is 2.67. The first-order valence-electron chi connectivity index (χ1n) is 4.92. The number of methoxy groups -OCH3 is 1. The van der Waals surface area contributed by atoms with Crippen LogP contribution in [0.2, 0.25) is 0 Å². The number of ether oxygens (including phenoxy) is 1. The summed E-state index contributed by atoms with van der Waals surface area (Å²) in [5.41, 5.74) is 2.56. The van der Waals surface area contributed by atoms with E-state index in [9.17, 15) is 0 Å². The van der Waals surface area contributed by atoms with Crippen molar-refractivity contribution in [3.63, 3.8) is 0 Å². The summed E-state index contributed by atoms with van der Waals surface area (Å²) < 4.78 is 5.19. The first kappa shape index (κ1) is 10.2. The normalized spacial score (nSPS) is 10.3. The van der Waals surface area contributed by atoms with Crippen LogP contribution in [0.25, 0.3) is 10.4 Å². The topological polar surface area (TPSA) is 9.23 Å². The van der Waals surface area contributed by atoms with Crippen molar-refractivity contribution in [2.24, 2.45) is 0 Å². The van der Waals surface area contributed by atoms with Crippen LogP contribution in [-0.2, 0) is 0 Å². The van der Waals surface area contributed by atoms with E-state index < -0.39 is 0 Å². The van der Waals surface area contributed by atoms with Crippen molar-refractivity contribution in [3.8, 4) is 16.2 Å². The summed E-state index contributed by atoms with van der Waals surface area (Å²) in [5, 5.41) is 0. The molecule has 0 aliphatic carbocycles. The van der Waals surface area contributed by atoms with Crippen molar-refractivity contribution in [3.05, 3.63) is 40.8 Å². The summed E-state index contributed by atoms with van der Waals surface area (Å²) >= 11 is 1.83. The fourth-order valence-corrected chi connectivity index (χ4v) is 2.58. The van der Waals surface area contributed by atoms with E-state index in [1.54, 1.807) is 7.11 Å². The molecule has 78 valence electrons. The van der Waals surface area contributed by atoms with Crippen molar-refractivity contribution in [2.45, 2.75) is 13.8 Å². The van der Waals surface area contributed by atoms with Crippen molar-refractivity contribution in [2.75, 3.05) is 7.11 Å². The van der Waals surface area contributed by atoms with Gasteiger partial charge in [0, 0.05) is 9.75 Å². The molecule has 2 aromatic rings. The van der Waals surface area contributed by atoms with Crippen molar-refractivity contribution in [1.82, 2.24) is 0 Å². The molecule has 0 saturated carbocycles. The lowest BCUT2D eigenvalue weighted by atomic mass is 10.1. The molecule has 0 N–H and O–H groups in total.